The van der Waals surface area contributed by atoms with Gasteiger partial charge in [0.2, 0.25) is 0 Å². The normalized spacial score (nSPS) is 19.2. The lowest BCUT2D eigenvalue weighted by atomic mass is 10.0. The van der Waals surface area contributed by atoms with Gasteiger partial charge in [-0.1, -0.05) is 23.8 Å². The van der Waals surface area contributed by atoms with Gasteiger partial charge in [-0.15, -0.1) is 0 Å². The number of fused-ring (bicyclic) bond motifs is 1. The molecule has 0 N–H and O–H groups in total. The highest BCUT2D eigenvalue weighted by Crippen LogP contribution is 2.36. The Balaban J connectivity index is 2.17. The second-order valence-electron chi connectivity index (χ2n) is 6.32. The first-order chi connectivity index (χ1) is 10.9. The second-order valence-corrected chi connectivity index (χ2v) is 6.32. The number of allylic oxidation sites excluding steroid dienone is 2. The topological polar surface area (TPSA) is 44.8 Å². The molecule has 124 valence electrons. The molecule has 2 rings (SSSR count). The summed E-state index contributed by atoms with van der Waals surface area (Å²) in [7, 11) is 0. The van der Waals surface area contributed by atoms with E-state index in [0.717, 1.165) is 11.8 Å². The lowest BCUT2D eigenvalue weighted by Gasteiger charge is -2.31. The highest BCUT2D eigenvalue weighted by Gasteiger charge is 2.36. The van der Waals surface area contributed by atoms with Crippen LogP contribution >= 0.6 is 0 Å². The summed E-state index contributed by atoms with van der Waals surface area (Å²) in [6, 6.07) is 5.61. The van der Waals surface area contributed by atoms with Crippen LogP contribution in [0.3, 0.4) is 0 Å². The predicted molar refractivity (Wildman–Crippen MR) is 90.9 cm³/mol. The number of aldehydes is 1. The standard InChI is InChI=1S/C19H24O4/c1-14(2)9-11-21-18-13-22-16-8-7-15(6-5-10-20)12-17(16)23-19(18,3)4/h5-10,12,18H,11,13H2,1-4H3/b6-5+/t18-/m0/s1. The fraction of sp³-hybridized carbons (Fsp3) is 0.421. The average molecular weight is 316 g/mol. The van der Waals surface area contributed by atoms with Crippen LogP contribution in [-0.4, -0.2) is 31.2 Å². The number of hydrogen-bond donors (Lipinski definition) is 0. The summed E-state index contributed by atoms with van der Waals surface area (Å²) in [4.78, 5) is 10.5. The molecule has 0 bridgehead atoms. The second kappa shape index (κ2) is 7.47. The maximum atomic E-state index is 10.5. The van der Waals surface area contributed by atoms with Crippen molar-refractivity contribution in [2.24, 2.45) is 0 Å². The van der Waals surface area contributed by atoms with Crippen LogP contribution in [0.1, 0.15) is 33.3 Å². The van der Waals surface area contributed by atoms with Gasteiger partial charge in [-0.25, -0.2) is 0 Å². The number of carbonyl (C=O) groups is 1. The molecule has 23 heavy (non-hydrogen) atoms. The third kappa shape index (κ3) is 4.70. The zero-order valence-corrected chi connectivity index (χ0v) is 14.2. The molecule has 0 amide bonds. The molecule has 1 heterocycles. The van der Waals surface area contributed by atoms with Crippen LogP contribution in [0.5, 0.6) is 11.5 Å². The molecule has 0 saturated carbocycles. The largest absolute Gasteiger partial charge is 0.487 e. The zero-order valence-electron chi connectivity index (χ0n) is 14.2. The van der Waals surface area contributed by atoms with Gasteiger partial charge >= 0.3 is 0 Å². The fourth-order valence-electron chi connectivity index (χ4n) is 2.27. The Morgan fingerprint density at radius 1 is 1.35 bits per heavy atom. The molecule has 0 spiro atoms. The molecule has 1 aliphatic rings. The molecule has 4 nitrogen and oxygen atoms in total. The number of ether oxygens (including phenoxy) is 3. The van der Waals surface area contributed by atoms with Crippen molar-refractivity contribution in [3.8, 4) is 11.5 Å². The first-order valence-corrected chi connectivity index (χ1v) is 7.75. The van der Waals surface area contributed by atoms with Crippen molar-refractivity contribution in [1.29, 1.82) is 0 Å². The molecule has 1 aromatic carbocycles. The van der Waals surface area contributed by atoms with Crippen LogP contribution in [0, 0.1) is 0 Å². The number of benzene rings is 1. The van der Waals surface area contributed by atoms with Gasteiger partial charge in [-0.05, 0) is 51.5 Å². The Morgan fingerprint density at radius 3 is 2.83 bits per heavy atom. The lowest BCUT2D eigenvalue weighted by molar-refractivity contribution is -0.104. The molecular formula is C19H24O4. The Morgan fingerprint density at radius 2 is 2.13 bits per heavy atom. The van der Waals surface area contributed by atoms with Gasteiger partial charge in [0.15, 0.2) is 11.5 Å². The SMILES string of the molecule is CC(C)=CCO[C@H]1COc2ccc(/C=C/C=O)cc2OC1(C)C. The first kappa shape index (κ1) is 17.3. The van der Waals surface area contributed by atoms with E-state index < -0.39 is 5.60 Å². The summed E-state index contributed by atoms with van der Waals surface area (Å²) >= 11 is 0. The molecule has 0 radical (unpaired) electrons. The van der Waals surface area contributed by atoms with Gasteiger partial charge < -0.3 is 14.2 Å². The van der Waals surface area contributed by atoms with E-state index in [9.17, 15) is 4.79 Å². The van der Waals surface area contributed by atoms with E-state index in [1.807, 2.05) is 52.0 Å². The summed E-state index contributed by atoms with van der Waals surface area (Å²) < 4.78 is 17.9. The molecule has 0 unspecified atom stereocenters. The number of carbonyl (C=O) groups excluding carboxylic acids is 1. The number of rotatable bonds is 5. The highest BCUT2D eigenvalue weighted by molar-refractivity contribution is 5.74. The molecule has 4 heteroatoms. The molecule has 0 saturated heterocycles. The molecule has 1 atom stereocenters. The van der Waals surface area contributed by atoms with Crippen LogP contribution in [0.25, 0.3) is 6.08 Å². The Kier molecular flexibility index (Phi) is 5.61. The van der Waals surface area contributed by atoms with Crippen molar-refractivity contribution in [3.63, 3.8) is 0 Å². The van der Waals surface area contributed by atoms with Gasteiger partial charge in [0, 0.05) is 0 Å². The number of hydrogen-bond acceptors (Lipinski definition) is 4. The van der Waals surface area contributed by atoms with Crippen LogP contribution < -0.4 is 9.47 Å². The highest BCUT2D eigenvalue weighted by atomic mass is 16.6. The first-order valence-electron chi connectivity index (χ1n) is 7.75. The third-order valence-electron chi connectivity index (χ3n) is 3.66. The van der Waals surface area contributed by atoms with Gasteiger partial charge in [0.1, 0.15) is 24.6 Å². The fourth-order valence-corrected chi connectivity index (χ4v) is 2.27. The summed E-state index contributed by atoms with van der Waals surface area (Å²) in [5, 5.41) is 0. The maximum Gasteiger partial charge on any atom is 0.162 e. The summed E-state index contributed by atoms with van der Waals surface area (Å²) in [5.74, 6) is 1.35. The van der Waals surface area contributed by atoms with E-state index in [-0.39, 0.29) is 6.10 Å². The van der Waals surface area contributed by atoms with Crippen LogP contribution in [0.15, 0.2) is 35.9 Å². The molecule has 0 aliphatic carbocycles. The summed E-state index contributed by atoms with van der Waals surface area (Å²) in [6.07, 6.45) is 5.79. The van der Waals surface area contributed by atoms with E-state index in [1.54, 1.807) is 6.08 Å². The summed E-state index contributed by atoms with van der Waals surface area (Å²) in [5.41, 5.74) is 1.58. The Labute approximate surface area is 137 Å². The van der Waals surface area contributed by atoms with Crippen molar-refractivity contribution in [1.82, 2.24) is 0 Å². The maximum absolute atomic E-state index is 10.5. The van der Waals surface area contributed by atoms with Crippen LogP contribution in [0.4, 0.5) is 0 Å². The Bertz CT molecular complexity index is 610. The van der Waals surface area contributed by atoms with Gasteiger partial charge in [0.25, 0.3) is 0 Å². The van der Waals surface area contributed by atoms with Crippen molar-refractivity contribution in [2.75, 3.05) is 13.2 Å². The summed E-state index contributed by atoms with van der Waals surface area (Å²) in [6.45, 7) is 9.03. The van der Waals surface area contributed by atoms with Crippen molar-refractivity contribution >= 4 is 12.4 Å². The molecule has 0 fully saturated rings. The molecule has 0 aromatic heterocycles. The lowest BCUT2D eigenvalue weighted by Crippen LogP contribution is -2.45. The third-order valence-corrected chi connectivity index (χ3v) is 3.66. The van der Waals surface area contributed by atoms with E-state index in [1.165, 1.54) is 11.6 Å². The van der Waals surface area contributed by atoms with E-state index >= 15 is 0 Å². The minimum absolute atomic E-state index is 0.181. The van der Waals surface area contributed by atoms with Gasteiger partial charge in [0.05, 0.1) is 6.61 Å². The van der Waals surface area contributed by atoms with Crippen LogP contribution in [-0.2, 0) is 9.53 Å². The minimum Gasteiger partial charge on any atom is -0.487 e. The molecule has 1 aromatic rings. The molecular weight excluding hydrogens is 292 g/mol. The average Bonchev–Trinajstić information content (AvgIpc) is 2.60. The van der Waals surface area contributed by atoms with Crippen molar-refractivity contribution in [2.45, 2.75) is 39.4 Å². The van der Waals surface area contributed by atoms with E-state index in [0.29, 0.717) is 24.7 Å². The zero-order chi connectivity index (χ0) is 16.9. The van der Waals surface area contributed by atoms with Crippen molar-refractivity contribution in [3.05, 3.63) is 41.5 Å². The van der Waals surface area contributed by atoms with E-state index in [2.05, 4.69) is 0 Å². The quantitative estimate of drug-likeness (QED) is 0.471. The van der Waals surface area contributed by atoms with Gasteiger partial charge in [-0.2, -0.15) is 0 Å². The van der Waals surface area contributed by atoms with Gasteiger partial charge in [-0.3, -0.25) is 4.79 Å². The van der Waals surface area contributed by atoms with E-state index in [4.69, 9.17) is 14.2 Å². The van der Waals surface area contributed by atoms with Crippen molar-refractivity contribution < 1.29 is 19.0 Å². The smallest absolute Gasteiger partial charge is 0.162 e. The Hall–Kier alpha value is -2.07. The minimum atomic E-state index is -0.520. The monoisotopic (exact) mass is 316 g/mol. The predicted octanol–water partition coefficient (Wildman–Crippen LogP) is 3.80. The van der Waals surface area contributed by atoms with Crippen LogP contribution in [0.2, 0.25) is 0 Å². The molecule has 1 aliphatic heterocycles.